The van der Waals surface area contributed by atoms with Gasteiger partial charge in [0.05, 0.1) is 18.1 Å². The highest BCUT2D eigenvalue weighted by molar-refractivity contribution is 7.91. The minimum Gasteiger partial charge on any atom is -0.365 e. The number of carbonyl (C=O) groups is 1. The Morgan fingerprint density at radius 2 is 2.10 bits per heavy atom. The summed E-state index contributed by atoms with van der Waals surface area (Å²) in [6, 6.07) is 5.75. The summed E-state index contributed by atoms with van der Waals surface area (Å²) >= 11 is 0. The second kappa shape index (κ2) is 6.05. The lowest BCUT2D eigenvalue weighted by molar-refractivity contribution is -0.120. The van der Waals surface area contributed by atoms with Crippen LogP contribution in [-0.4, -0.2) is 45.5 Å². The molecule has 1 heterocycles. The molecule has 1 saturated heterocycles. The van der Waals surface area contributed by atoms with Crippen molar-refractivity contribution in [1.82, 2.24) is 5.32 Å². The number of amides is 1. The average molecular weight is 310 g/mol. The molecule has 21 heavy (non-hydrogen) atoms. The standard InChI is InChI=1S/C15H22N2O3S/c1-11-5-4-6-14(12(11)2)17(3)9-15(18)16-13-7-8-21(19,20)10-13/h4-6,13H,7-10H2,1-3H3,(H,16,18)/t13-/m0/s1. The van der Waals surface area contributed by atoms with E-state index in [2.05, 4.69) is 5.32 Å². The van der Waals surface area contributed by atoms with Gasteiger partial charge < -0.3 is 10.2 Å². The maximum Gasteiger partial charge on any atom is 0.239 e. The molecule has 5 nitrogen and oxygen atoms in total. The van der Waals surface area contributed by atoms with E-state index in [4.69, 9.17) is 0 Å². The lowest BCUT2D eigenvalue weighted by atomic mass is 10.1. The average Bonchev–Trinajstić information content (AvgIpc) is 2.71. The van der Waals surface area contributed by atoms with Crippen molar-refractivity contribution in [2.24, 2.45) is 0 Å². The molecule has 1 N–H and O–H groups in total. The number of anilines is 1. The molecule has 6 heteroatoms. The van der Waals surface area contributed by atoms with Crippen LogP contribution in [-0.2, 0) is 14.6 Å². The van der Waals surface area contributed by atoms with Gasteiger partial charge in [0.15, 0.2) is 9.84 Å². The molecule has 0 bridgehead atoms. The number of sulfone groups is 1. The molecule has 0 spiro atoms. The molecule has 1 aliphatic rings. The van der Waals surface area contributed by atoms with Crippen molar-refractivity contribution in [1.29, 1.82) is 0 Å². The number of likely N-dealkylation sites (N-methyl/N-ethyl adjacent to an activating group) is 1. The van der Waals surface area contributed by atoms with Crippen LogP contribution in [0.2, 0.25) is 0 Å². The Morgan fingerprint density at radius 3 is 2.71 bits per heavy atom. The SMILES string of the molecule is Cc1cccc(N(C)CC(=O)N[C@H]2CCS(=O)(=O)C2)c1C. The van der Waals surface area contributed by atoms with Gasteiger partial charge in [0, 0.05) is 18.8 Å². The summed E-state index contributed by atoms with van der Waals surface area (Å²) in [5.74, 6) is 0.0944. The molecule has 0 unspecified atom stereocenters. The number of rotatable bonds is 4. The van der Waals surface area contributed by atoms with Gasteiger partial charge >= 0.3 is 0 Å². The molecule has 1 aromatic rings. The summed E-state index contributed by atoms with van der Waals surface area (Å²) in [5.41, 5.74) is 3.35. The Morgan fingerprint density at radius 1 is 1.38 bits per heavy atom. The van der Waals surface area contributed by atoms with E-state index in [0.717, 1.165) is 11.3 Å². The highest BCUT2D eigenvalue weighted by Crippen LogP contribution is 2.21. The van der Waals surface area contributed by atoms with Gasteiger partial charge in [0.25, 0.3) is 0 Å². The van der Waals surface area contributed by atoms with Crippen molar-refractivity contribution in [3.05, 3.63) is 29.3 Å². The number of benzene rings is 1. The topological polar surface area (TPSA) is 66.5 Å². The zero-order valence-electron chi connectivity index (χ0n) is 12.7. The molecule has 1 atom stereocenters. The summed E-state index contributed by atoms with van der Waals surface area (Å²) in [6.45, 7) is 4.29. The van der Waals surface area contributed by atoms with E-state index in [0.29, 0.717) is 6.42 Å². The van der Waals surface area contributed by atoms with E-state index in [1.54, 1.807) is 0 Å². The lowest BCUT2D eigenvalue weighted by Gasteiger charge is -2.22. The Labute approximate surface area is 126 Å². The van der Waals surface area contributed by atoms with Crippen LogP contribution >= 0.6 is 0 Å². The maximum absolute atomic E-state index is 12.0. The van der Waals surface area contributed by atoms with E-state index in [1.165, 1.54) is 5.56 Å². The number of hydrogen-bond acceptors (Lipinski definition) is 4. The summed E-state index contributed by atoms with van der Waals surface area (Å²) in [4.78, 5) is 13.9. The van der Waals surface area contributed by atoms with Gasteiger partial charge in [-0.1, -0.05) is 12.1 Å². The first-order chi connectivity index (χ1) is 9.78. The van der Waals surface area contributed by atoms with Gasteiger partial charge in [0.1, 0.15) is 0 Å². The fourth-order valence-electron chi connectivity index (χ4n) is 2.63. The molecule has 2 rings (SSSR count). The van der Waals surface area contributed by atoms with Crippen LogP contribution in [0.4, 0.5) is 5.69 Å². The Hall–Kier alpha value is -1.56. The van der Waals surface area contributed by atoms with E-state index < -0.39 is 9.84 Å². The molecule has 1 amide bonds. The largest absolute Gasteiger partial charge is 0.365 e. The summed E-state index contributed by atoms with van der Waals surface area (Å²) in [6.07, 6.45) is 0.515. The van der Waals surface area contributed by atoms with Gasteiger partial charge in [-0.15, -0.1) is 0 Å². The van der Waals surface area contributed by atoms with Crippen molar-refractivity contribution in [3.8, 4) is 0 Å². The molecule has 0 aromatic heterocycles. The smallest absolute Gasteiger partial charge is 0.239 e. The second-order valence-electron chi connectivity index (χ2n) is 5.74. The maximum atomic E-state index is 12.0. The first-order valence-corrected chi connectivity index (χ1v) is 8.88. The molecule has 1 aliphatic heterocycles. The van der Waals surface area contributed by atoms with Crippen molar-refractivity contribution < 1.29 is 13.2 Å². The fraction of sp³-hybridized carbons (Fsp3) is 0.533. The first kappa shape index (κ1) is 15.8. The highest BCUT2D eigenvalue weighted by Gasteiger charge is 2.29. The molecule has 1 fully saturated rings. The number of nitrogens with zero attached hydrogens (tertiary/aromatic N) is 1. The lowest BCUT2D eigenvalue weighted by Crippen LogP contribution is -2.41. The molecule has 1 aromatic carbocycles. The van der Waals surface area contributed by atoms with Crippen LogP contribution in [0.1, 0.15) is 17.5 Å². The summed E-state index contributed by atoms with van der Waals surface area (Å²) in [5, 5.41) is 2.81. The van der Waals surface area contributed by atoms with Gasteiger partial charge in [0.2, 0.25) is 5.91 Å². The van der Waals surface area contributed by atoms with Gasteiger partial charge in [-0.3, -0.25) is 4.79 Å². The van der Waals surface area contributed by atoms with Gasteiger partial charge in [-0.2, -0.15) is 0 Å². The quantitative estimate of drug-likeness (QED) is 0.902. The third kappa shape index (κ3) is 3.97. The van der Waals surface area contributed by atoms with Gasteiger partial charge in [-0.05, 0) is 37.5 Å². The van der Waals surface area contributed by atoms with E-state index in [9.17, 15) is 13.2 Å². The van der Waals surface area contributed by atoms with Crippen LogP contribution in [0.15, 0.2) is 18.2 Å². The molecule has 116 valence electrons. The number of nitrogens with one attached hydrogen (secondary N) is 1. The van der Waals surface area contributed by atoms with Crippen LogP contribution in [0.5, 0.6) is 0 Å². The highest BCUT2D eigenvalue weighted by atomic mass is 32.2. The minimum atomic E-state index is -2.96. The minimum absolute atomic E-state index is 0.0614. The second-order valence-corrected chi connectivity index (χ2v) is 7.97. The molecule has 0 aliphatic carbocycles. The molecule has 0 radical (unpaired) electrons. The van der Waals surface area contributed by atoms with Crippen LogP contribution in [0.25, 0.3) is 0 Å². The Kier molecular flexibility index (Phi) is 4.56. The summed E-state index contributed by atoms with van der Waals surface area (Å²) < 4.78 is 22.8. The van der Waals surface area contributed by atoms with Crippen LogP contribution < -0.4 is 10.2 Å². The zero-order chi connectivity index (χ0) is 15.6. The third-order valence-corrected chi connectivity index (χ3v) is 5.73. The van der Waals surface area contributed by atoms with Crippen LogP contribution in [0.3, 0.4) is 0 Å². The number of aryl methyl sites for hydroxylation is 1. The third-order valence-electron chi connectivity index (χ3n) is 3.97. The van der Waals surface area contributed by atoms with Crippen molar-refractivity contribution >= 4 is 21.4 Å². The Balaban J connectivity index is 1.95. The van der Waals surface area contributed by atoms with E-state index in [1.807, 2.05) is 44.0 Å². The Bertz CT molecular complexity index is 640. The van der Waals surface area contributed by atoms with Crippen LogP contribution in [0, 0.1) is 13.8 Å². The fourth-order valence-corrected chi connectivity index (χ4v) is 4.31. The van der Waals surface area contributed by atoms with E-state index in [-0.39, 0.29) is 30.0 Å². The zero-order valence-corrected chi connectivity index (χ0v) is 13.5. The predicted molar refractivity (Wildman–Crippen MR) is 84.4 cm³/mol. The predicted octanol–water partition coefficient (Wildman–Crippen LogP) is 1.04. The monoisotopic (exact) mass is 310 g/mol. The molecular formula is C15H22N2O3S. The van der Waals surface area contributed by atoms with Crippen molar-refractivity contribution in [2.45, 2.75) is 26.3 Å². The van der Waals surface area contributed by atoms with Crippen molar-refractivity contribution in [2.75, 3.05) is 30.0 Å². The van der Waals surface area contributed by atoms with Gasteiger partial charge in [-0.25, -0.2) is 8.42 Å². The number of hydrogen-bond donors (Lipinski definition) is 1. The first-order valence-electron chi connectivity index (χ1n) is 7.05. The summed E-state index contributed by atoms with van der Waals surface area (Å²) in [7, 11) is -1.09. The molecular weight excluding hydrogens is 288 g/mol. The van der Waals surface area contributed by atoms with Crippen molar-refractivity contribution in [3.63, 3.8) is 0 Å². The van der Waals surface area contributed by atoms with E-state index >= 15 is 0 Å². The number of carbonyl (C=O) groups excluding carboxylic acids is 1. The molecule has 0 saturated carbocycles. The normalized spacial score (nSPS) is 20.2.